The Morgan fingerprint density at radius 3 is 2.53 bits per heavy atom. The number of nitrogens with two attached hydrogens (primary N) is 1. The second-order valence-corrected chi connectivity index (χ2v) is 5.11. The number of fused-ring (bicyclic) bond motifs is 1. The Hall–Kier alpha value is -1.51. The quantitative estimate of drug-likeness (QED) is 0.870. The van der Waals surface area contributed by atoms with Crippen LogP contribution in [0.2, 0.25) is 0 Å². The molecule has 1 aromatic carbocycles. The second-order valence-electron chi connectivity index (χ2n) is 5.11. The largest absolute Gasteiger partial charge is 0.478 e. The van der Waals surface area contributed by atoms with Crippen LogP contribution in [0.1, 0.15) is 37.8 Å². The molecule has 2 rings (SSSR count). The van der Waals surface area contributed by atoms with Crippen LogP contribution in [0.3, 0.4) is 0 Å². The maximum atomic E-state index is 11.2. The minimum Gasteiger partial charge on any atom is -0.478 e. The zero-order chi connectivity index (χ0) is 12.5. The molecule has 1 aromatic rings. The molecule has 3 heteroatoms. The molecule has 0 heterocycles. The molecule has 1 amide bonds. The highest BCUT2D eigenvalue weighted by molar-refractivity contribution is 5.82. The Balaban J connectivity index is 2.20. The summed E-state index contributed by atoms with van der Waals surface area (Å²) in [4.78, 5) is 11.2. The first kappa shape index (κ1) is 12.0. The molecule has 0 aliphatic heterocycles. The highest BCUT2D eigenvalue weighted by Gasteiger charge is 2.27. The van der Waals surface area contributed by atoms with Gasteiger partial charge in [-0.1, -0.05) is 6.07 Å². The van der Waals surface area contributed by atoms with Crippen molar-refractivity contribution in [1.82, 2.24) is 0 Å². The van der Waals surface area contributed by atoms with Crippen molar-refractivity contribution in [2.75, 3.05) is 0 Å². The maximum Gasteiger partial charge on any atom is 0.261 e. The predicted octanol–water partition coefficient (Wildman–Crippen LogP) is 2.21. The van der Waals surface area contributed by atoms with E-state index >= 15 is 0 Å². The SMILES string of the molecule is CC(C)(Oc1ccc2c(c1)CCCC2)C(N)=O. The van der Waals surface area contributed by atoms with Gasteiger partial charge >= 0.3 is 0 Å². The number of hydrogen-bond donors (Lipinski definition) is 1. The highest BCUT2D eigenvalue weighted by Crippen LogP contribution is 2.27. The molecule has 1 aliphatic carbocycles. The lowest BCUT2D eigenvalue weighted by atomic mass is 9.91. The Morgan fingerprint density at radius 2 is 1.88 bits per heavy atom. The number of rotatable bonds is 3. The van der Waals surface area contributed by atoms with Crippen LogP contribution in [0.5, 0.6) is 5.75 Å². The van der Waals surface area contributed by atoms with Crippen LogP contribution < -0.4 is 10.5 Å². The third-order valence-electron chi connectivity index (χ3n) is 3.29. The lowest BCUT2D eigenvalue weighted by molar-refractivity contribution is -0.130. The minimum absolute atomic E-state index is 0.449. The van der Waals surface area contributed by atoms with Crippen LogP contribution in [0.15, 0.2) is 18.2 Å². The lowest BCUT2D eigenvalue weighted by Gasteiger charge is -2.24. The molecule has 0 fully saturated rings. The third-order valence-corrected chi connectivity index (χ3v) is 3.29. The number of aryl methyl sites for hydroxylation is 2. The first-order valence-electron chi connectivity index (χ1n) is 6.10. The summed E-state index contributed by atoms with van der Waals surface area (Å²) in [6, 6.07) is 6.06. The van der Waals surface area contributed by atoms with Gasteiger partial charge in [-0.15, -0.1) is 0 Å². The number of benzene rings is 1. The fourth-order valence-electron chi connectivity index (χ4n) is 2.12. The van der Waals surface area contributed by atoms with E-state index in [-0.39, 0.29) is 0 Å². The average Bonchev–Trinajstić information content (AvgIpc) is 2.28. The van der Waals surface area contributed by atoms with Gasteiger partial charge in [-0.25, -0.2) is 0 Å². The van der Waals surface area contributed by atoms with Crippen LogP contribution in [-0.4, -0.2) is 11.5 Å². The molecule has 17 heavy (non-hydrogen) atoms. The Labute approximate surface area is 102 Å². The van der Waals surface area contributed by atoms with Gasteiger partial charge in [0.25, 0.3) is 5.91 Å². The molecule has 0 radical (unpaired) electrons. The summed E-state index contributed by atoms with van der Waals surface area (Å²) in [5, 5.41) is 0. The summed E-state index contributed by atoms with van der Waals surface area (Å²) in [5.74, 6) is 0.282. The van der Waals surface area contributed by atoms with Gasteiger partial charge in [0, 0.05) is 0 Å². The summed E-state index contributed by atoms with van der Waals surface area (Å²) in [6.45, 7) is 3.38. The molecular weight excluding hydrogens is 214 g/mol. The second kappa shape index (κ2) is 4.40. The number of carbonyl (C=O) groups excluding carboxylic acids is 1. The van der Waals surface area contributed by atoms with Crippen molar-refractivity contribution in [2.24, 2.45) is 5.73 Å². The van der Waals surface area contributed by atoms with Gasteiger partial charge in [-0.3, -0.25) is 4.79 Å². The van der Waals surface area contributed by atoms with Crippen LogP contribution in [-0.2, 0) is 17.6 Å². The molecule has 3 nitrogen and oxygen atoms in total. The fourth-order valence-corrected chi connectivity index (χ4v) is 2.12. The fraction of sp³-hybridized carbons (Fsp3) is 0.500. The Kier molecular flexibility index (Phi) is 3.09. The predicted molar refractivity (Wildman–Crippen MR) is 67.0 cm³/mol. The maximum absolute atomic E-state index is 11.2. The van der Waals surface area contributed by atoms with Crippen LogP contribution in [0, 0.1) is 0 Å². The summed E-state index contributed by atoms with van der Waals surface area (Å²) in [6.07, 6.45) is 4.74. The molecule has 92 valence electrons. The van der Waals surface area contributed by atoms with E-state index in [4.69, 9.17) is 10.5 Å². The first-order chi connectivity index (χ1) is 7.99. The zero-order valence-electron chi connectivity index (χ0n) is 10.5. The molecule has 0 bridgehead atoms. The van der Waals surface area contributed by atoms with Gasteiger partial charge in [0.15, 0.2) is 5.60 Å². The van der Waals surface area contributed by atoms with Crippen molar-refractivity contribution in [1.29, 1.82) is 0 Å². The van der Waals surface area contributed by atoms with Crippen molar-refractivity contribution in [2.45, 2.75) is 45.1 Å². The van der Waals surface area contributed by atoms with E-state index in [9.17, 15) is 4.79 Å². The zero-order valence-corrected chi connectivity index (χ0v) is 10.5. The molecule has 0 saturated heterocycles. The van der Waals surface area contributed by atoms with Crippen LogP contribution in [0.25, 0.3) is 0 Å². The van der Waals surface area contributed by atoms with Gasteiger partial charge in [-0.05, 0) is 62.8 Å². The molecule has 0 unspecified atom stereocenters. The first-order valence-corrected chi connectivity index (χ1v) is 6.10. The van der Waals surface area contributed by atoms with Gasteiger partial charge in [0.05, 0.1) is 0 Å². The molecule has 2 N–H and O–H groups in total. The normalized spacial score (nSPS) is 15.2. The van der Waals surface area contributed by atoms with E-state index in [2.05, 4.69) is 6.07 Å². The molecule has 0 spiro atoms. The van der Waals surface area contributed by atoms with Crippen molar-refractivity contribution >= 4 is 5.91 Å². The van der Waals surface area contributed by atoms with E-state index in [0.29, 0.717) is 0 Å². The summed E-state index contributed by atoms with van der Waals surface area (Å²) in [5.41, 5.74) is 7.08. The number of ether oxygens (including phenoxy) is 1. The van der Waals surface area contributed by atoms with E-state index in [1.54, 1.807) is 13.8 Å². The van der Waals surface area contributed by atoms with Gasteiger partial charge in [0.1, 0.15) is 5.75 Å². The van der Waals surface area contributed by atoms with E-state index < -0.39 is 11.5 Å². The average molecular weight is 233 g/mol. The van der Waals surface area contributed by atoms with Crippen LogP contribution in [0.4, 0.5) is 0 Å². The molecule has 0 atom stereocenters. The van der Waals surface area contributed by atoms with Gasteiger partial charge < -0.3 is 10.5 Å². The van der Waals surface area contributed by atoms with Crippen molar-refractivity contribution in [3.63, 3.8) is 0 Å². The third kappa shape index (κ3) is 2.60. The smallest absolute Gasteiger partial charge is 0.261 e. The monoisotopic (exact) mass is 233 g/mol. The number of amides is 1. The molecule has 0 saturated carbocycles. The number of primary amides is 1. The number of carbonyl (C=O) groups is 1. The van der Waals surface area contributed by atoms with Crippen LogP contribution >= 0.6 is 0 Å². The molecule has 0 aromatic heterocycles. The van der Waals surface area contributed by atoms with E-state index in [0.717, 1.165) is 18.6 Å². The Morgan fingerprint density at radius 1 is 1.24 bits per heavy atom. The summed E-state index contributed by atoms with van der Waals surface area (Å²) < 4.78 is 5.65. The molecular formula is C14H19NO2. The van der Waals surface area contributed by atoms with Crippen molar-refractivity contribution in [3.05, 3.63) is 29.3 Å². The highest BCUT2D eigenvalue weighted by atomic mass is 16.5. The topological polar surface area (TPSA) is 52.3 Å². The summed E-state index contributed by atoms with van der Waals surface area (Å²) >= 11 is 0. The summed E-state index contributed by atoms with van der Waals surface area (Å²) in [7, 11) is 0. The van der Waals surface area contributed by atoms with Crippen molar-refractivity contribution < 1.29 is 9.53 Å². The minimum atomic E-state index is -0.955. The molecule has 1 aliphatic rings. The lowest BCUT2D eigenvalue weighted by Crippen LogP contribution is -2.43. The number of hydrogen-bond acceptors (Lipinski definition) is 2. The van der Waals surface area contributed by atoms with Gasteiger partial charge in [0.2, 0.25) is 0 Å². The van der Waals surface area contributed by atoms with E-state index in [1.807, 2.05) is 12.1 Å². The Bertz CT molecular complexity index is 438. The van der Waals surface area contributed by atoms with Crippen molar-refractivity contribution in [3.8, 4) is 5.75 Å². The van der Waals surface area contributed by atoms with E-state index in [1.165, 1.54) is 24.0 Å². The standard InChI is InChI=1S/C14H19NO2/c1-14(2,13(15)16)17-12-8-7-10-5-3-4-6-11(10)9-12/h7-9H,3-6H2,1-2H3,(H2,15,16). The van der Waals surface area contributed by atoms with Gasteiger partial charge in [-0.2, -0.15) is 0 Å².